The number of fused-ring (bicyclic) bond motifs is 3. The summed E-state index contributed by atoms with van der Waals surface area (Å²) < 4.78 is 33.5. The normalized spacial score (nSPS) is 13.4. The highest BCUT2D eigenvalue weighted by atomic mass is 79.9. The van der Waals surface area contributed by atoms with Crippen molar-refractivity contribution in [3.05, 3.63) is 88.4 Å². The Hall–Kier alpha value is -3.21. The standard InChI is InChI=1S/C27H28BrN3O5S/c28-18-12-14-19(15-13-18)37(34,35)30-16-6-5-11-25(26(29)32)31-27(33)36-17-24-22-9-3-1-7-20(22)21-8-2-4-10-23(21)24/h1-4,7-10,12-15,24-25,30H,5-6,11,16-17H2,(H2,29,32)(H,31,33). The summed E-state index contributed by atoms with van der Waals surface area (Å²) in [5.74, 6) is -0.770. The largest absolute Gasteiger partial charge is 0.449 e. The van der Waals surface area contributed by atoms with E-state index in [-0.39, 0.29) is 30.4 Å². The Balaban J connectivity index is 1.25. The molecule has 0 radical (unpaired) electrons. The molecule has 1 aliphatic rings. The zero-order valence-corrected chi connectivity index (χ0v) is 22.4. The Labute approximate surface area is 224 Å². The molecule has 0 aliphatic heterocycles. The van der Waals surface area contributed by atoms with Gasteiger partial charge in [0.2, 0.25) is 15.9 Å². The summed E-state index contributed by atoms with van der Waals surface area (Å²) in [5, 5.41) is 2.55. The van der Waals surface area contributed by atoms with Crippen LogP contribution in [0.3, 0.4) is 0 Å². The number of ether oxygens (including phenoxy) is 1. The molecule has 1 aliphatic carbocycles. The first-order valence-corrected chi connectivity index (χ1v) is 14.2. The molecule has 0 bridgehead atoms. The molecule has 8 nitrogen and oxygen atoms in total. The molecule has 0 saturated carbocycles. The summed E-state index contributed by atoms with van der Waals surface area (Å²) in [7, 11) is -3.62. The second-order valence-corrected chi connectivity index (χ2v) is 11.5. The molecule has 0 aromatic heterocycles. The van der Waals surface area contributed by atoms with E-state index in [2.05, 4.69) is 38.1 Å². The highest BCUT2D eigenvalue weighted by Crippen LogP contribution is 2.44. The third-order valence-electron chi connectivity index (χ3n) is 6.31. The molecular formula is C27H28BrN3O5S. The van der Waals surface area contributed by atoms with E-state index in [1.807, 2.05) is 36.4 Å². The van der Waals surface area contributed by atoms with Crippen LogP contribution in [-0.2, 0) is 19.6 Å². The molecule has 0 saturated heterocycles. The number of benzene rings is 3. The summed E-state index contributed by atoms with van der Waals surface area (Å²) in [4.78, 5) is 24.6. The summed E-state index contributed by atoms with van der Waals surface area (Å²) in [6.45, 7) is 0.317. The molecule has 1 unspecified atom stereocenters. The number of hydrogen-bond acceptors (Lipinski definition) is 5. The smallest absolute Gasteiger partial charge is 0.407 e. The van der Waals surface area contributed by atoms with Crippen molar-refractivity contribution in [2.75, 3.05) is 13.2 Å². The first-order chi connectivity index (χ1) is 17.8. The maximum absolute atomic E-state index is 12.5. The first-order valence-electron chi connectivity index (χ1n) is 11.9. The SMILES string of the molecule is NC(=O)C(CCCCNS(=O)(=O)c1ccc(Br)cc1)NC(=O)OCC1c2ccccc2-c2ccccc21. The quantitative estimate of drug-likeness (QED) is 0.289. The monoisotopic (exact) mass is 585 g/mol. The van der Waals surface area contributed by atoms with Crippen molar-refractivity contribution in [3.63, 3.8) is 0 Å². The van der Waals surface area contributed by atoms with Crippen molar-refractivity contribution in [1.29, 1.82) is 0 Å². The van der Waals surface area contributed by atoms with Crippen LogP contribution in [-0.4, -0.2) is 39.6 Å². The number of rotatable bonds is 11. The van der Waals surface area contributed by atoms with Gasteiger partial charge in [0.1, 0.15) is 12.6 Å². The van der Waals surface area contributed by atoms with E-state index in [4.69, 9.17) is 10.5 Å². The minimum atomic E-state index is -3.62. The number of carbonyl (C=O) groups is 2. The Morgan fingerprint density at radius 3 is 2.11 bits per heavy atom. The van der Waals surface area contributed by atoms with Gasteiger partial charge in [0.15, 0.2) is 0 Å². The number of halogens is 1. The van der Waals surface area contributed by atoms with E-state index in [1.165, 1.54) is 12.1 Å². The Morgan fingerprint density at radius 2 is 1.51 bits per heavy atom. The van der Waals surface area contributed by atoms with Crippen LogP contribution in [0, 0.1) is 0 Å². The van der Waals surface area contributed by atoms with Gasteiger partial charge in [0.25, 0.3) is 0 Å². The van der Waals surface area contributed by atoms with E-state index in [1.54, 1.807) is 12.1 Å². The van der Waals surface area contributed by atoms with Crippen LogP contribution in [0.4, 0.5) is 4.79 Å². The molecule has 0 spiro atoms. The first kappa shape index (κ1) is 26.8. The van der Waals surface area contributed by atoms with Crippen molar-refractivity contribution >= 4 is 38.0 Å². The zero-order valence-electron chi connectivity index (χ0n) is 20.0. The van der Waals surface area contributed by atoms with Crippen LogP contribution in [0.2, 0.25) is 0 Å². The van der Waals surface area contributed by atoms with Gasteiger partial charge in [-0.15, -0.1) is 0 Å². The molecule has 194 valence electrons. The predicted molar refractivity (Wildman–Crippen MR) is 144 cm³/mol. The molecule has 0 fully saturated rings. The number of hydrogen-bond donors (Lipinski definition) is 3. The summed E-state index contributed by atoms with van der Waals surface area (Å²) in [5.41, 5.74) is 9.91. The fourth-order valence-corrected chi connectivity index (χ4v) is 5.78. The van der Waals surface area contributed by atoms with Gasteiger partial charge in [-0.1, -0.05) is 64.5 Å². The lowest BCUT2D eigenvalue weighted by molar-refractivity contribution is -0.120. The molecule has 4 rings (SSSR count). The molecule has 1 atom stereocenters. The van der Waals surface area contributed by atoms with Crippen LogP contribution in [0.25, 0.3) is 11.1 Å². The summed E-state index contributed by atoms with van der Waals surface area (Å²) in [6.07, 6.45) is 0.479. The number of primary amides is 1. The maximum Gasteiger partial charge on any atom is 0.407 e. The number of nitrogens with one attached hydrogen (secondary N) is 2. The average Bonchev–Trinajstić information content (AvgIpc) is 3.20. The van der Waals surface area contributed by atoms with E-state index < -0.39 is 28.1 Å². The minimum Gasteiger partial charge on any atom is -0.449 e. The van der Waals surface area contributed by atoms with Crippen molar-refractivity contribution in [3.8, 4) is 11.1 Å². The number of amides is 2. The number of sulfonamides is 1. The summed E-state index contributed by atoms with van der Waals surface area (Å²) in [6, 6.07) is 21.4. The molecule has 10 heteroatoms. The van der Waals surface area contributed by atoms with Gasteiger partial charge in [-0.05, 0) is 65.8 Å². The zero-order chi connectivity index (χ0) is 26.4. The Morgan fingerprint density at radius 1 is 0.919 bits per heavy atom. The molecule has 3 aromatic carbocycles. The number of unbranched alkanes of at least 4 members (excludes halogenated alkanes) is 1. The van der Waals surface area contributed by atoms with E-state index in [0.717, 1.165) is 26.7 Å². The van der Waals surface area contributed by atoms with Gasteiger partial charge in [0, 0.05) is 16.9 Å². The van der Waals surface area contributed by atoms with Crippen LogP contribution < -0.4 is 15.8 Å². The topological polar surface area (TPSA) is 128 Å². The number of nitrogens with two attached hydrogens (primary N) is 1. The Bertz CT molecular complexity index is 1330. The highest BCUT2D eigenvalue weighted by Gasteiger charge is 2.29. The van der Waals surface area contributed by atoms with Gasteiger partial charge in [-0.25, -0.2) is 17.9 Å². The molecule has 37 heavy (non-hydrogen) atoms. The number of carbonyl (C=O) groups excluding carboxylic acids is 2. The van der Waals surface area contributed by atoms with E-state index >= 15 is 0 Å². The van der Waals surface area contributed by atoms with Crippen LogP contribution in [0.5, 0.6) is 0 Å². The van der Waals surface area contributed by atoms with E-state index in [0.29, 0.717) is 12.8 Å². The van der Waals surface area contributed by atoms with E-state index in [9.17, 15) is 18.0 Å². The van der Waals surface area contributed by atoms with Crippen LogP contribution in [0.15, 0.2) is 82.2 Å². The molecular weight excluding hydrogens is 558 g/mol. The summed E-state index contributed by atoms with van der Waals surface area (Å²) >= 11 is 3.28. The average molecular weight is 587 g/mol. The maximum atomic E-state index is 12.5. The lowest BCUT2D eigenvalue weighted by Crippen LogP contribution is -2.45. The predicted octanol–water partition coefficient (Wildman–Crippen LogP) is 4.29. The highest BCUT2D eigenvalue weighted by molar-refractivity contribution is 9.10. The van der Waals surface area contributed by atoms with Gasteiger partial charge in [-0.2, -0.15) is 0 Å². The van der Waals surface area contributed by atoms with Crippen molar-refractivity contribution in [2.24, 2.45) is 5.73 Å². The van der Waals surface area contributed by atoms with Crippen molar-refractivity contribution < 1.29 is 22.7 Å². The third kappa shape index (κ3) is 6.57. The second-order valence-electron chi connectivity index (χ2n) is 8.77. The minimum absolute atomic E-state index is 0.0936. The third-order valence-corrected chi connectivity index (χ3v) is 8.32. The van der Waals surface area contributed by atoms with Gasteiger partial charge in [0.05, 0.1) is 4.90 Å². The molecule has 2 amide bonds. The van der Waals surface area contributed by atoms with Crippen molar-refractivity contribution in [1.82, 2.24) is 10.0 Å². The second kappa shape index (κ2) is 11.9. The van der Waals surface area contributed by atoms with Gasteiger partial charge >= 0.3 is 6.09 Å². The van der Waals surface area contributed by atoms with Crippen LogP contribution in [0.1, 0.15) is 36.3 Å². The fraction of sp³-hybridized carbons (Fsp3) is 0.259. The Kier molecular flexibility index (Phi) is 8.63. The molecule has 4 N–H and O–H groups in total. The molecule has 3 aromatic rings. The lowest BCUT2D eigenvalue weighted by Gasteiger charge is -2.18. The van der Waals surface area contributed by atoms with Crippen molar-refractivity contribution in [2.45, 2.75) is 36.1 Å². The molecule has 0 heterocycles. The van der Waals surface area contributed by atoms with Gasteiger partial charge in [-0.3, -0.25) is 4.79 Å². The number of alkyl carbamates (subject to hydrolysis) is 1. The van der Waals surface area contributed by atoms with Crippen LogP contribution >= 0.6 is 15.9 Å². The fourth-order valence-electron chi connectivity index (χ4n) is 4.44. The lowest BCUT2D eigenvalue weighted by atomic mass is 9.98. The van der Waals surface area contributed by atoms with Gasteiger partial charge < -0.3 is 15.8 Å².